The van der Waals surface area contributed by atoms with Gasteiger partial charge in [0.05, 0.1) is 6.61 Å². The van der Waals surface area contributed by atoms with Crippen LogP contribution in [-0.2, 0) is 17.9 Å². The molecule has 2 N–H and O–H groups in total. The molecule has 0 bridgehead atoms. The maximum absolute atomic E-state index is 5.06. The van der Waals surface area contributed by atoms with Crippen LogP contribution >= 0.6 is 0 Å². The summed E-state index contributed by atoms with van der Waals surface area (Å²) in [6, 6.07) is 8.52. The van der Waals surface area contributed by atoms with Gasteiger partial charge in [0.15, 0.2) is 0 Å². The zero-order chi connectivity index (χ0) is 12.8. The SMILES string of the molecule is CN1CCN(CCc2ccc(CON)cc2)CC1. The van der Waals surface area contributed by atoms with E-state index in [4.69, 9.17) is 5.90 Å². The van der Waals surface area contributed by atoms with E-state index < -0.39 is 0 Å². The lowest BCUT2D eigenvalue weighted by molar-refractivity contribution is 0.124. The van der Waals surface area contributed by atoms with Gasteiger partial charge < -0.3 is 9.80 Å². The molecule has 0 unspecified atom stereocenters. The van der Waals surface area contributed by atoms with E-state index in [0.717, 1.165) is 18.5 Å². The van der Waals surface area contributed by atoms with E-state index in [-0.39, 0.29) is 0 Å². The summed E-state index contributed by atoms with van der Waals surface area (Å²) in [7, 11) is 2.19. The Morgan fingerprint density at radius 3 is 2.28 bits per heavy atom. The second-order valence-corrected chi connectivity index (χ2v) is 5.02. The number of likely N-dealkylation sites (N-methyl/N-ethyl adjacent to an activating group) is 1. The summed E-state index contributed by atoms with van der Waals surface area (Å²) in [6.07, 6.45) is 1.12. The molecule has 0 atom stereocenters. The maximum atomic E-state index is 5.06. The fraction of sp³-hybridized carbons (Fsp3) is 0.571. The number of hydrogen-bond acceptors (Lipinski definition) is 4. The molecule has 1 heterocycles. The molecule has 0 saturated carbocycles. The van der Waals surface area contributed by atoms with Crippen molar-refractivity contribution >= 4 is 0 Å². The third-order valence-electron chi connectivity index (χ3n) is 3.59. The van der Waals surface area contributed by atoms with E-state index >= 15 is 0 Å². The van der Waals surface area contributed by atoms with Gasteiger partial charge in [-0.3, -0.25) is 4.84 Å². The maximum Gasteiger partial charge on any atom is 0.0930 e. The first kappa shape index (κ1) is 13.5. The molecule has 4 heteroatoms. The molecule has 1 aliphatic rings. The Hall–Kier alpha value is -0.940. The summed E-state index contributed by atoms with van der Waals surface area (Å²) in [5.41, 5.74) is 2.51. The summed E-state index contributed by atoms with van der Waals surface area (Å²) in [5, 5.41) is 0. The summed E-state index contributed by atoms with van der Waals surface area (Å²) in [4.78, 5) is 9.55. The van der Waals surface area contributed by atoms with Gasteiger partial charge in [-0.15, -0.1) is 0 Å². The number of nitrogens with zero attached hydrogens (tertiary/aromatic N) is 2. The van der Waals surface area contributed by atoms with E-state index in [2.05, 4.69) is 46.0 Å². The van der Waals surface area contributed by atoms with Crippen LogP contribution in [0.25, 0.3) is 0 Å². The van der Waals surface area contributed by atoms with E-state index in [1.807, 2.05) is 0 Å². The largest absolute Gasteiger partial charge is 0.304 e. The highest BCUT2D eigenvalue weighted by Crippen LogP contribution is 2.07. The highest BCUT2D eigenvalue weighted by molar-refractivity contribution is 5.22. The minimum absolute atomic E-state index is 0.485. The van der Waals surface area contributed by atoms with Crippen LogP contribution in [0.4, 0.5) is 0 Å². The van der Waals surface area contributed by atoms with Crippen molar-refractivity contribution in [2.24, 2.45) is 5.90 Å². The number of benzene rings is 1. The minimum Gasteiger partial charge on any atom is -0.304 e. The zero-order valence-electron chi connectivity index (χ0n) is 11.1. The van der Waals surface area contributed by atoms with E-state index in [9.17, 15) is 0 Å². The van der Waals surface area contributed by atoms with Gasteiger partial charge in [-0.2, -0.15) is 0 Å². The van der Waals surface area contributed by atoms with Crippen LogP contribution in [0.3, 0.4) is 0 Å². The number of rotatable bonds is 5. The molecule has 18 heavy (non-hydrogen) atoms. The normalized spacial score (nSPS) is 18.1. The molecule has 4 nitrogen and oxygen atoms in total. The van der Waals surface area contributed by atoms with Crippen molar-refractivity contribution in [3.63, 3.8) is 0 Å². The third-order valence-corrected chi connectivity index (χ3v) is 3.59. The van der Waals surface area contributed by atoms with Crippen molar-refractivity contribution in [1.82, 2.24) is 9.80 Å². The van der Waals surface area contributed by atoms with Gasteiger partial charge in [0, 0.05) is 32.7 Å². The molecule has 0 amide bonds. The van der Waals surface area contributed by atoms with Crippen molar-refractivity contribution in [2.45, 2.75) is 13.0 Å². The molecule has 1 fully saturated rings. The quantitative estimate of drug-likeness (QED) is 0.786. The fourth-order valence-electron chi connectivity index (χ4n) is 2.26. The molecule has 0 radical (unpaired) electrons. The Balaban J connectivity index is 1.76. The van der Waals surface area contributed by atoms with Crippen molar-refractivity contribution < 1.29 is 4.84 Å². The van der Waals surface area contributed by atoms with Crippen LogP contribution in [0, 0.1) is 0 Å². The molecular weight excluding hydrogens is 226 g/mol. The lowest BCUT2D eigenvalue weighted by Crippen LogP contribution is -2.45. The number of piperazine rings is 1. The molecule has 1 aromatic carbocycles. The van der Waals surface area contributed by atoms with Crippen molar-refractivity contribution in [3.05, 3.63) is 35.4 Å². The van der Waals surface area contributed by atoms with Crippen LogP contribution in [0.5, 0.6) is 0 Å². The smallest absolute Gasteiger partial charge is 0.0930 e. The Bertz CT molecular complexity index is 345. The van der Waals surface area contributed by atoms with Crippen molar-refractivity contribution in [1.29, 1.82) is 0 Å². The average Bonchev–Trinajstić information content (AvgIpc) is 2.40. The first-order chi connectivity index (χ1) is 8.78. The van der Waals surface area contributed by atoms with Crippen LogP contribution < -0.4 is 5.90 Å². The van der Waals surface area contributed by atoms with Gasteiger partial charge in [0.2, 0.25) is 0 Å². The summed E-state index contributed by atoms with van der Waals surface area (Å²) >= 11 is 0. The zero-order valence-corrected chi connectivity index (χ0v) is 11.1. The van der Waals surface area contributed by atoms with Crippen LogP contribution in [0.1, 0.15) is 11.1 Å². The molecule has 100 valence electrons. The molecule has 1 aliphatic heterocycles. The highest BCUT2D eigenvalue weighted by atomic mass is 16.6. The first-order valence-corrected chi connectivity index (χ1v) is 6.58. The number of nitrogens with two attached hydrogens (primary N) is 1. The Kier molecular flexibility index (Phi) is 5.13. The Morgan fingerprint density at radius 1 is 1.06 bits per heavy atom. The minimum atomic E-state index is 0.485. The van der Waals surface area contributed by atoms with Gasteiger partial charge in [0.1, 0.15) is 0 Å². The van der Waals surface area contributed by atoms with Gasteiger partial charge in [-0.25, -0.2) is 5.90 Å². The topological polar surface area (TPSA) is 41.7 Å². The van der Waals surface area contributed by atoms with Crippen LogP contribution in [0.2, 0.25) is 0 Å². The van der Waals surface area contributed by atoms with Gasteiger partial charge in [-0.1, -0.05) is 24.3 Å². The summed E-state index contributed by atoms with van der Waals surface area (Å²) in [5.74, 6) is 5.06. The van der Waals surface area contributed by atoms with Gasteiger partial charge in [-0.05, 0) is 24.6 Å². The average molecular weight is 249 g/mol. The molecule has 1 aromatic rings. The van der Waals surface area contributed by atoms with Crippen molar-refractivity contribution in [2.75, 3.05) is 39.8 Å². The highest BCUT2D eigenvalue weighted by Gasteiger charge is 2.12. The van der Waals surface area contributed by atoms with Gasteiger partial charge >= 0.3 is 0 Å². The van der Waals surface area contributed by atoms with E-state index in [0.29, 0.717) is 6.61 Å². The molecule has 1 saturated heterocycles. The summed E-state index contributed by atoms with van der Waals surface area (Å²) in [6.45, 7) is 6.39. The lowest BCUT2D eigenvalue weighted by atomic mass is 10.1. The monoisotopic (exact) mass is 249 g/mol. The Morgan fingerprint density at radius 2 is 1.67 bits per heavy atom. The standard InChI is InChI=1S/C14H23N3O/c1-16-8-10-17(11-9-16)7-6-13-2-4-14(5-3-13)12-18-15/h2-5H,6-12,15H2,1H3. The molecular formula is C14H23N3O. The van der Waals surface area contributed by atoms with E-state index in [1.54, 1.807) is 0 Å². The van der Waals surface area contributed by atoms with Gasteiger partial charge in [0.25, 0.3) is 0 Å². The molecule has 2 rings (SSSR count). The third kappa shape index (κ3) is 4.07. The van der Waals surface area contributed by atoms with E-state index in [1.165, 1.54) is 31.7 Å². The lowest BCUT2D eigenvalue weighted by Gasteiger charge is -2.32. The second-order valence-electron chi connectivity index (χ2n) is 5.02. The summed E-state index contributed by atoms with van der Waals surface area (Å²) < 4.78 is 0. The van der Waals surface area contributed by atoms with Crippen LogP contribution in [0.15, 0.2) is 24.3 Å². The molecule has 0 aromatic heterocycles. The predicted octanol–water partition coefficient (Wildman–Crippen LogP) is 0.867. The predicted molar refractivity (Wildman–Crippen MR) is 73.1 cm³/mol. The first-order valence-electron chi connectivity index (χ1n) is 6.58. The second kappa shape index (κ2) is 6.85. The molecule has 0 spiro atoms. The van der Waals surface area contributed by atoms with Crippen LogP contribution in [-0.4, -0.2) is 49.6 Å². The van der Waals surface area contributed by atoms with Crippen molar-refractivity contribution in [3.8, 4) is 0 Å². The fourth-order valence-corrected chi connectivity index (χ4v) is 2.26. The Labute approximate surface area is 109 Å². The number of hydrogen-bond donors (Lipinski definition) is 1. The molecule has 0 aliphatic carbocycles.